The third-order valence-electron chi connectivity index (χ3n) is 4.97. The average molecular weight is 473 g/mol. The lowest BCUT2D eigenvalue weighted by atomic mass is 10.0. The van der Waals surface area contributed by atoms with Crippen molar-refractivity contribution in [2.75, 3.05) is 12.9 Å². The number of halogens is 1. The molecule has 3 rings (SSSR count). The summed E-state index contributed by atoms with van der Waals surface area (Å²) in [5.41, 5.74) is 2.78. The molecule has 0 aliphatic heterocycles. The molecule has 2 aromatic carbocycles. The molecule has 0 saturated carbocycles. The van der Waals surface area contributed by atoms with Crippen molar-refractivity contribution < 1.29 is 14.3 Å². The fourth-order valence-corrected chi connectivity index (χ4v) is 4.40. The van der Waals surface area contributed by atoms with Gasteiger partial charge in [-0.05, 0) is 31.0 Å². The van der Waals surface area contributed by atoms with Gasteiger partial charge in [0.25, 0.3) is 0 Å². The van der Waals surface area contributed by atoms with Crippen LogP contribution in [0.3, 0.4) is 0 Å². The highest BCUT2D eigenvalue weighted by Crippen LogP contribution is 2.28. The number of ether oxygens (including phenoxy) is 1. The third kappa shape index (κ3) is 5.69. The first-order valence-corrected chi connectivity index (χ1v) is 11.5. The number of thioether (sulfide) groups is 1. The van der Waals surface area contributed by atoms with Crippen molar-refractivity contribution in [1.29, 1.82) is 0 Å². The Balaban J connectivity index is 1.72. The molecule has 0 aliphatic carbocycles. The molecule has 0 bridgehead atoms. The molecule has 0 aliphatic rings. The average Bonchev–Trinajstić information content (AvgIpc) is 3.20. The summed E-state index contributed by atoms with van der Waals surface area (Å²) >= 11 is 7.58. The minimum atomic E-state index is -0.587. The monoisotopic (exact) mass is 472 g/mol. The molecule has 1 unspecified atom stereocenters. The number of aryl methyl sites for hydroxylation is 1. The van der Waals surface area contributed by atoms with Gasteiger partial charge in [0.15, 0.2) is 11.0 Å². The van der Waals surface area contributed by atoms with E-state index >= 15 is 0 Å². The second-order valence-corrected chi connectivity index (χ2v) is 8.43. The minimum absolute atomic E-state index is 0.0147. The number of aromatic nitrogens is 3. The van der Waals surface area contributed by atoms with E-state index in [1.807, 2.05) is 48.7 Å². The summed E-state index contributed by atoms with van der Waals surface area (Å²) in [5, 5.41) is 12.7. The van der Waals surface area contributed by atoms with E-state index in [-0.39, 0.29) is 18.1 Å². The number of nitrogens with one attached hydrogen (secondary N) is 1. The largest absolute Gasteiger partial charge is 0.469 e. The Kier molecular flexibility index (Phi) is 8.30. The summed E-state index contributed by atoms with van der Waals surface area (Å²) in [6, 6.07) is 14.5. The first-order chi connectivity index (χ1) is 15.4. The third-order valence-corrected chi connectivity index (χ3v) is 6.28. The zero-order valence-electron chi connectivity index (χ0n) is 18.2. The summed E-state index contributed by atoms with van der Waals surface area (Å²) in [4.78, 5) is 24.6. The predicted octanol–water partition coefficient (Wildman–Crippen LogP) is 4.44. The lowest BCUT2D eigenvalue weighted by Crippen LogP contribution is -2.32. The maximum atomic E-state index is 12.7. The highest BCUT2D eigenvalue weighted by atomic mass is 35.5. The zero-order chi connectivity index (χ0) is 23.1. The zero-order valence-corrected chi connectivity index (χ0v) is 19.7. The van der Waals surface area contributed by atoms with Gasteiger partial charge < -0.3 is 14.6 Å². The minimum Gasteiger partial charge on any atom is -0.469 e. The number of esters is 1. The van der Waals surface area contributed by atoms with E-state index in [0.29, 0.717) is 22.3 Å². The van der Waals surface area contributed by atoms with Crippen LogP contribution in [0.1, 0.15) is 30.5 Å². The van der Waals surface area contributed by atoms with Crippen molar-refractivity contribution in [3.63, 3.8) is 0 Å². The Morgan fingerprint density at radius 1 is 1.16 bits per heavy atom. The van der Waals surface area contributed by atoms with Gasteiger partial charge in [-0.1, -0.05) is 65.8 Å². The SMILES string of the molecule is CCn1c(SCC(=O)NC(CC(=O)OC)c2ccccc2Cl)nnc1-c1ccccc1C. The van der Waals surface area contributed by atoms with Crippen molar-refractivity contribution in [3.05, 3.63) is 64.7 Å². The van der Waals surface area contributed by atoms with Crippen LogP contribution in [0, 0.1) is 6.92 Å². The molecule has 9 heteroatoms. The van der Waals surface area contributed by atoms with E-state index in [1.54, 1.807) is 18.2 Å². The van der Waals surface area contributed by atoms with Gasteiger partial charge in [0, 0.05) is 17.1 Å². The van der Waals surface area contributed by atoms with Crippen LogP contribution in [-0.2, 0) is 20.9 Å². The number of carbonyl (C=O) groups excluding carboxylic acids is 2. The number of hydrogen-bond acceptors (Lipinski definition) is 6. The predicted molar refractivity (Wildman–Crippen MR) is 126 cm³/mol. The van der Waals surface area contributed by atoms with Crippen molar-refractivity contribution in [3.8, 4) is 11.4 Å². The van der Waals surface area contributed by atoms with Gasteiger partial charge in [-0.25, -0.2) is 0 Å². The van der Waals surface area contributed by atoms with Crippen LogP contribution < -0.4 is 5.32 Å². The summed E-state index contributed by atoms with van der Waals surface area (Å²) < 4.78 is 6.76. The van der Waals surface area contributed by atoms with Gasteiger partial charge in [0.1, 0.15) is 0 Å². The molecule has 1 N–H and O–H groups in total. The van der Waals surface area contributed by atoms with Crippen LogP contribution in [0.15, 0.2) is 53.7 Å². The van der Waals surface area contributed by atoms with Gasteiger partial charge in [0.05, 0.1) is 25.3 Å². The van der Waals surface area contributed by atoms with Crippen molar-refractivity contribution in [1.82, 2.24) is 20.1 Å². The Labute approximate surface area is 196 Å². The first-order valence-electron chi connectivity index (χ1n) is 10.2. The number of nitrogens with zero attached hydrogens (tertiary/aromatic N) is 3. The quantitative estimate of drug-likeness (QED) is 0.366. The molecule has 3 aromatic rings. The van der Waals surface area contributed by atoms with Gasteiger partial charge in [0.2, 0.25) is 5.91 Å². The van der Waals surface area contributed by atoms with Gasteiger partial charge in [-0.3, -0.25) is 9.59 Å². The van der Waals surface area contributed by atoms with E-state index in [0.717, 1.165) is 17.0 Å². The Morgan fingerprint density at radius 2 is 1.88 bits per heavy atom. The summed E-state index contributed by atoms with van der Waals surface area (Å²) in [5.74, 6) is 0.213. The number of hydrogen-bond donors (Lipinski definition) is 1. The summed E-state index contributed by atoms with van der Waals surface area (Å²) in [6.07, 6.45) is -0.0147. The number of methoxy groups -OCH3 is 1. The molecule has 32 heavy (non-hydrogen) atoms. The molecular formula is C23H25ClN4O3S. The van der Waals surface area contributed by atoms with E-state index in [2.05, 4.69) is 15.5 Å². The lowest BCUT2D eigenvalue weighted by Gasteiger charge is -2.19. The molecule has 0 spiro atoms. The van der Waals surface area contributed by atoms with Crippen LogP contribution in [0.25, 0.3) is 11.4 Å². The highest BCUT2D eigenvalue weighted by Gasteiger charge is 2.22. The van der Waals surface area contributed by atoms with Gasteiger partial charge >= 0.3 is 5.97 Å². The molecule has 168 valence electrons. The molecule has 1 heterocycles. The summed E-state index contributed by atoms with van der Waals surface area (Å²) in [7, 11) is 1.31. The van der Waals surface area contributed by atoms with Crippen LogP contribution in [0.5, 0.6) is 0 Å². The topological polar surface area (TPSA) is 86.1 Å². The maximum Gasteiger partial charge on any atom is 0.307 e. The summed E-state index contributed by atoms with van der Waals surface area (Å²) in [6.45, 7) is 4.71. The van der Waals surface area contributed by atoms with Crippen LogP contribution in [-0.4, -0.2) is 39.5 Å². The van der Waals surface area contributed by atoms with Gasteiger partial charge in [-0.15, -0.1) is 10.2 Å². The Bertz CT molecular complexity index is 1100. The highest BCUT2D eigenvalue weighted by molar-refractivity contribution is 7.99. The molecule has 0 saturated heterocycles. The second-order valence-electron chi connectivity index (χ2n) is 7.08. The fraction of sp³-hybridized carbons (Fsp3) is 0.304. The van der Waals surface area contributed by atoms with E-state index in [9.17, 15) is 9.59 Å². The van der Waals surface area contributed by atoms with Crippen LogP contribution >= 0.6 is 23.4 Å². The molecular weight excluding hydrogens is 448 g/mol. The molecule has 1 amide bonds. The molecule has 1 atom stereocenters. The van der Waals surface area contributed by atoms with Crippen LogP contribution in [0.2, 0.25) is 5.02 Å². The second kappa shape index (κ2) is 11.2. The maximum absolute atomic E-state index is 12.7. The van der Waals surface area contributed by atoms with Crippen LogP contribution in [0.4, 0.5) is 0 Å². The van der Waals surface area contributed by atoms with E-state index in [1.165, 1.54) is 18.9 Å². The van der Waals surface area contributed by atoms with E-state index in [4.69, 9.17) is 16.3 Å². The smallest absolute Gasteiger partial charge is 0.307 e. The van der Waals surface area contributed by atoms with E-state index < -0.39 is 12.0 Å². The Hall–Kier alpha value is -2.84. The fourth-order valence-electron chi connectivity index (χ4n) is 3.32. The number of carbonyl (C=O) groups is 2. The number of amides is 1. The normalized spacial score (nSPS) is 11.8. The van der Waals surface area contributed by atoms with Crippen molar-refractivity contribution >= 4 is 35.2 Å². The molecule has 7 nitrogen and oxygen atoms in total. The number of benzene rings is 2. The number of rotatable bonds is 9. The van der Waals surface area contributed by atoms with Crippen molar-refractivity contribution in [2.45, 2.75) is 38.0 Å². The van der Waals surface area contributed by atoms with Gasteiger partial charge in [-0.2, -0.15) is 0 Å². The van der Waals surface area contributed by atoms with Crippen molar-refractivity contribution in [2.24, 2.45) is 0 Å². The first kappa shape index (κ1) is 23.8. The lowest BCUT2D eigenvalue weighted by molar-refractivity contribution is -0.141. The molecule has 1 aromatic heterocycles. The molecule has 0 fully saturated rings. The Morgan fingerprint density at radius 3 is 2.56 bits per heavy atom. The standard InChI is InChI=1S/C23H25ClN4O3S/c1-4-28-22(16-10-6-5-9-15(16)2)26-27-23(28)32-14-20(29)25-19(13-21(30)31-3)17-11-7-8-12-18(17)24/h5-12,19H,4,13-14H2,1-3H3,(H,25,29). The molecule has 0 radical (unpaired) electrons.